The van der Waals surface area contributed by atoms with Gasteiger partial charge in [0, 0.05) is 0 Å². The summed E-state index contributed by atoms with van der Waals surface area (Å²) in [6.07, 6.45) is -2.78. The molecule has 1 aliphatic rings. The minimum atomic E-state index is -5.68. The Bertz CT molecular complexity index is 495. The van der Waals surface area contributed by atoms with Gasteiger partial charge in [-0.25, -0.2) is 4.79 Å². The van der Waals surface area contributed by atoms with E-state index >= 15 is 0 Å². The summed E-state index contributed by atoms with van der Waals surface area (Å²) in [5, 5.41) is 35.0. The van der Waals surface area contributed by atoms with Gasteiger partial charge >= 0.3 is 212 Å². The molecule has 4 N–H and O–H groups in total. The van der Waals surface area contributed by atoms with Crippen LogP contribution in [0.5, 0.6) is 0 Å². The summed E-state index contributed by atoms with van der Waals surface area (Å²) in [6.45, 7) is -0.671. The second-order valence-electron chi connectivity index (χ2n) is 3.29. The van der Waals surface area contributed by atoms with Crippen LogP contribution in [0.1, 0.15) is 0 Å². The molecule has 0 saturated heterocycles. The largest absolute Gasteiger partial charge is 1.00 e. The van der Waals surface area contributed by atoms with Gasteiger partial charge in [-0.1, -0.05) is 0 Å². The number of aliphatic hydroxyl groups is 4. The molecule has 0 aromatic heterocycles. The fourth-order valence-electron chi connectivity index (χ4n) is 0.945. The SMILES string of the molecule is O=C1O[C@H]([C@@H](O)CO)C(O)=C1O.O=P([O-])([O-])OP(=O)([O-])[O-].[K+].[K+].[K+].[K+]. The zero-order valence-corrected chi connectivity index (χ0v) is 28.0. The van der Waals surface area contributed by atoms with E-state index in [9.17, 15) is 33.5 Å². The maximum absolute atomic E-state index is 10.5. The summed E-state index contributed by atoms with van der Waals surface area (Å²) in [4.78, 5) is 47.8. The molecular weight excluding hydrogens is 498 g/mol. The van der Waals surface area contributed by atoms with Crippen molar-refractivity contribution < 1.29 is 269 Å². The first-order chi connectivity index (χ1) is 9.28. The maximum atomic E-state index is 10.5. The van der Waals surface area contributed by atoms with Crippen molar-refractivity contribution in [2.24, 2.45) is 0 Å². The number of hydrogen-bond acceptors (Lipinski definition) is 13. The quantitative estimate of drug-likeness (QED) is 0.157. The normalized spacial score (nSPS) is 17.4. The Morgan fingerprint density at radius 1 is 1.04 bits per heavy atom. The minimum absolute atomic E-state index is 0. The summed E-state index contributed by atoms with van der Waals surface area (Å²) in [5.74, 6) is -2.78. The zero-order chi connectivity index (χ0) is 17.0. The number of ether oxygens (including phenoxy) is 1. The molecule has 0 fully saturated rings. The molecular formula is C6H8K4O13P2. The van der Waals surface area contributed by atoms with Crippen LogP contribution in [0.2, 0.25) is 0 Å². The molecule has 0 saturated carbocycles. The predicted molar refractivity (Wildman–Crippen MR) is 51.6 cm³/mol. The van der Waals surface area contributed by atoms with Crippen LogP contribution >= 0.6 is 15.6 Å². The van der Waals surface area contributed by atoms with Gasteiger partial charge in [0.1, 0.15) is 6.10 Å². The van der Waals surface area contributed by atoms with Gasteiger partial charge in [-0.15, -0.1) is 0 Å². The van der Waals surface area contributed by atoms with Gasteiger partial charge in [-0.2, -0.15) is 0 Å². The van der Waals surface area contributed by atoms with Crippen LogP contribution in [0.15, 0.2) is 11.5 Å². The van der Waals surface area contributed by atoms with Crippen LogP contribution in [0.25, 0.3) is 0 Å². The van der Waals surface area contributed by atoms with Crippen molar-refractivity contribution in [3.05, 3.63) is 11.5 Å². The van der Waals surface area contributed by atoms with Gasteiger partial charge in [0.15, 0.2) is 11.9 Å². The van der Waals surface area contributed by atoms with Crippen molar-refractivity contribution in [2.45, 2.75) is 12.2 Å². The molecule has 0 spiro atoms. The number of esters is 1. The maximum Gasteiger partial charge on any atom is 1.00 e. The summed E-state index contributed by atoms with van der Waals surface area (Å²) in [5.41, 5.74) is 0. The average molecular weight is 506 g/mol. The molecule has 0 bridgehead atoms. The molecule has 0 aromatic rings. The Balaban J connectivity index is -0.0000000949. The Kier molecular flexibility index (Phi) is 31.1. The molecule has 2 atom stereocenters. The number of phosphoric acid groups is 2. The van der Waals surface area contributed by atoms with Crippen molar-refractivity contribution in [2.75, 3.05) is 6.61 Å². The first-order valence-corrected chi connectivity index (χ1v) is 7.58. The molecule has 13 nitrogen and oxygen atoms in total. The third kappa shape index (κ3) is 19.9. The summed E-state index contributed by atoms with van der Waals surface area (Å²) >= 11 is 0. The Morgan fingerprint density at radius 3 is 1.56 bits per heavy atom. The molecule has 1 heterocycles. The van der Waals surface area contributed by atoms with E-state index < -0.39 is 51.9 Å². The van der Waals surface area contributed by atoms with Crippen LogP contribution in [-0.2, 0) is 23.0 Å². The number of rotatable bonds is 4. The summed E-state index contributed by atoms with van der Waals surface area (Å²) < 4.78 is 25.5. The monoisotopic (exact) mass is 506 g/mol. The predicted octanol–water partition coefficient (Wildman–Crippen LogP) is -16.7. The molecule has 25 heavy (non-hydrogen) atoms. The van der Waals surface area contributed by atoms with E-state index in [4.69, 9.17) is 20.4 Å². The van der Waals surface area contributed by atoms with Gasteiger partial charge < -0.3 is 58.2 Å². The first kappa shape index (κ1) is 40.9. The van der Waals surface area contributed by atoms with Crippen molar-refractivity contribution in [3.8, 4) is 0 Å². The van der Waals surface area contributed by atoms with Crippen molar-refractivity contribution >= 4 is 21.6 Å². The van der Waals surface area contributed by atoms with E-state index in [2.05, 4.69) is 9.05 Å². The van der Waals surface area contributed by atoms with E-state index in [-0.39, 0.29) is 206 Å². The number of aliphatic hydroxyl groups excluding tert-OH is 4. The standard InChI is InChI=1S/C6H8O6.4K.H4O7P2/c7-1-2(8)5-3(9)4(10)6(11)12-5;;;;;1-8(2,3)7-9(4,5)6/h2,5,7-10H,1H2;;;;;(H2,1,2,3)(H2,4,5,6)/q;4*+1;/p-4/t2-,5+;;;;;/m0...../s1. The molecule has 1 aliphatic heterocycles. The van der Waals surface area contributed by atoms with Gasteiger partial charge in [0.2, 0.25) is 5.76 Å². The fourth-order valence-corrected chi connectivity index (χ4v) is 1.93. The number of carbonyl (C=O) groups is 1. The average Bonchev–Trinajstić information content (AvgIpc) is 2.52. The summed E-state index contributed by atoms with van der Waals surface area (Å²) in [7, 11) is -11.4. The third-order valence-electron chi connectivity index (χ3n) is 1.68. The van der Waals surface area contributed by atoms with Crippen molar-refractivity contribution in [3.63, 3.8) is 0 Å². The Morgan fingerprint density at radius 2 is 1.40 bits per heavy atom. The van der Waals surface area contributed by atoms with E-state index in [1.807, 2.05) is 0 Å². The van der Waals surface area contributed by atoms with Crippen LogP contribution in [-0.4, -0.2) is 45.2 Å². The van der Waals surface area contributed by atoms with Crippen molar-refractivity contribution in [1.82, 2.24) is 0 Å². The Hall–Kier alpha value is 5.54. The molecule has 124 valence electrons. The number of carbonyl (C=O) groups excluding carboxylic acids is 1. The first-order valence-electron chi connectivity index (χ1n) is 4.66. The van der Waals surface area contributed by atoms with Crippen LogP contribution < -0.4 is 225 Å². The Labute approximate surface area is 311 Å². The minimum Gasteiger partial charge on any atom is -0.790 e. The topological polar surface area (TPSA) is 243 Å². The third-order valence-corrected chi connectivity index (χ3v) is 3.28. The van der Waals surface area contributed by atoms with E-state index in [1.165, 1.54) is 0 Å². The molecule has 0 amide bonds. The number of hydrogen-bond donors (Lipinski definition) is 4. The smallest absolute Gasteiger partial charge is 0.790 e. The summed E-state index contributed by atoms with van der Waals surface area (Å²) in [6, 6.07) is 0. The second-order valence-corrected chi connectivity index (χ2v) is 5.73. The van der Waals surface area contributed by atoms with Gasteiger partial charge in [-0.05, 0) is 0 Å². The number of cyclic esters (lactones) is 1. The van der Waals surface area contributed by atoms with Gasteiger partial charge in [0.05, 0.1) is 22.3 Å². The molecule has 1 rings (SSSR count). The zero-order valence-electron chi connectivity index (χ0n) is 13.7. The van der Waals surface area contributed by atoms with Gasteiger partial charge in [-0.3, -0.25) is 0 Å². The van der Waals surface area contributed by atoms with Crippen LogP contribution in [0.4, 0.5) is 0 Å². The molecule has 0 radical (unpaired) electrons. The van der Waals surface area contributed by atoms with E-state index in [1.54, 1.807) is 0 Å². The molecule has 0 aliphatic carbocycles. The van der Waals surface area contributed by atoms with E-state index in [0.717, 1.165) is 0 Å². The molecule has 19 heteroatoms. The van der Waals surface area contributed by atoms with Crippen LogP contribution in [0.3, 0.4) is 0 Å². The van der Waals surface area contributed by atoms with E-state index in [0.29, 0.717) is 0 Å². The van der Waals surface area contributed by atoms with Crippen LogP contribution in [0, 0.1) is 0 Å². The fraction of sp³-hybridized carbons (Fsp3) is 0.500. The van der Waals surface area contributed by atoms with Crippen molar-refractivity contribution in [1.29, 1.82) is 0 Å². The molecule has 0 unspecified atom stereocenters. The van der Waals surface area contributed by atoms with Gasteiger partial charge in [0.25, 0.3) is 0 Å². The second kappa shape index (κ2) is 19.0. The molecule has 0 aromatic carbocycles.